The predicted molar refractivity (Wildman–Crippen MR) is 80.6 cm³/mol. The Labute approximate surface area is 129 Å². The molecule has 0 radical (unpaired) electrons. The van der Waals surface area contributed by atoms with Crippen LogP contribution in [0, 0.1) is 11.6 Å². The van der Waals surface area contributed by atoms with Gasteiger partial charge >= 0.3 is 0 Å². The van der Waals surface area contributed by atoms with Crippen LogP contribution in [0.3, 0.4) is 0 Å². The van der Waals surface area contributed by atoms with Crippen molar-refractivity contribution in [3.63, 3.8) is 0 Å². The molecule has 0 aliphatic heterocycles. The highest BCUT2D eigenvalue weighted by atomic mass is 32.2. The third kappa shape index (κ3) is 5.50. The van der Waals surface area contributed by atoms with Crippen LogP contribution in [0.15, 0.2) is 18.2 Å². The summed E-state index contributed by atoms with van der Waals surface area (Å²) in [6.07, 6.45) is 1.32. The number of sulfonamides is 2. The zero-order valence-corrected chi connectivity index (χ0v) is 13.8. The van der Waals surface area contributed by atoms with Crippen molar-refractivity contribution in [2.75, 3.05) is 29.4 Å². The Morgan fingerprint density at radius 1 is 1.14 bits per heavy atom. The Hall–Kier alpha value is -1.26. The molecule has 0 fully saturated rings. The van der Waals surface area contributed by atoms with Gasteiger partial charge in [0.25, 0.3) is 0 Å². The van der Waals surface area contributed by atoms with Crippen LogP contribution in [-0.4, -0.2) is 41.9 Å². The molecule has 0 aliphatic rings. The molecule has 0 spiro atoms. The monoisotopic (exact) mass is 356 g/mol. The van der Waals surface area contributed by atoms with Crippen molar-refractivity contribution < 1.29 is 25.6 Å². The van der Waals surface area contributed by atoms with Crippen LogP contribution in [0.4, 0.5) is 14.5 Å². The number of hydrogen-bond acceptors (Lipinski definition) is 4. The van der Waals surface area contributed by atoms with Gasteiger partial charge in [-0.15, -0.1) is 0 Å². The van der Waals surface area contributed by atoms with Crippen molar-refractivity contribution >= 4 is 25.7 Å². The molecule has 1 aromatic carbocycles. The highest BCUT2D eigenvalue weighted by Gasteiger charge is 2.19. The summed E-state index contributed by atoms with van der Waals surface area (Å²) < 4.78 is 75.7. The minimum absolute atomic E-state index is 0.0724. The van der Waals surface area contributed by atoms with Gasteiger partial charge in [0.15, 0.2) is 11.6 Å². The maximum Gasteiger partial charge on any atom is 0.232 e. The van der Waals surface area contributed by atoms with Crippen molar-refractivity contribution in [3.8, 4) is 0 Å². The minimum Gasteiger partial charge on any atom is -0.269 e. The molecule has 22 heavy (non-hydrogen) atoms. The molecule has 0 aromatic heterocycles. The van der Waals surface area contributed by atoms with E-state index < -0.39 is 31.7 Å². The molecule has 0 amide bonds. The summed E-state index contributed by atoms with van der Waals surface area (Å²) in [5.41, 5.74) is -0.0731. The lowest BCUT2D eigenvalue weighted by atomic mass is 10.3. The van der Waals surface area contributed by atoms with E-state index in [9.17, 15) is 25.6 Å². The van der Waals surface area contributed by atoms with Gasteiger partial charge in [-0.3, -0.25) is 4.31 Å². The Morgan fingerprint density at radius 3 is 2.27 bits per heavy atom. The third-order valence-corrected chi connectivity index (χ3v) is 5.48. The molecule has 0 unspecified atom stereocenters. The zero-order chi connectivity index (χ0) is 17.0. The Morgan fingerprint density at radius 2 is 1.77 bits per heavy atom. The van der Waals surface area contributed by atoms with Gasteiger partial charge in [0.2, 0.25) is 20.0 Å². The molecule has 1 aromatic rings. The molecular weight excluding hydrogens is 338 g/mol. The lowest BCUT2D eigenvalue weighted by Gasteiger charge is -2.22. The van der Waals surface area contributed by atoms with E-state index in [2.05, 4.69) is 4.72 Å². The normalized spacial score (nSPS) is 12.4. The van der Waals surface area contributed by atoms with Gasteiger partial charge in [0, 0.05) is 19.2 Å². The molecule has 6 nitrogen and oxygen atoms in total. The molecule has 0 bridgehead atoms. The fourth-order valence-electron chi connectivity index (χ4n) is 1.77. The lowest BCUT2D eigenvalue weighted by molar-refractivity contribution is 0.508. The quantitative estimate of drug-likeness (QED) is 0.755. The van der Waals surface area contributed by atoms with Crippen molar-refractivity contribution in [2.24, 2.45) is 0 Å². The Bertz CT molecular complexity index is 721. The molecule has 0 atom stereocenters. The third-order valence-electron chi connectivity index (χ3n) is 2.70. The summed E-state index contributed by atoms with van der Waals surface area (Å²) in [6, 6.07) is 2.67. The SMILES string of the molecule is CCCS(=O)(=O)NCCN(c1ccc(F)c(F)c1)S(C)(=O)=O. The standard InChI is InChI=1S/C12H18F2N2O4S2/c1-3-8-22(19,20)15-6-7-16(21(2,17)18)10-4-5-11(13)12(14)9-10/h4-5,9,15H,3,6-8H2,1-2H3. The molecule has 0 aliphatic carbocycles. The molecular formula is C12H18F2N2O4S2. The first-order chi connectivity index (χ1) is 10.1. The number of rotatable bonds is 8. The van der Waals surface area contributed by atoms with E-state index in [-0.39, 0.29) is 24.5 Å². The molecule has 0 saturated carbocycles. The highest BCUT2D eigenvalue weighted by Crippen LogP contribution is 2.20. The number of halogens is 2. The summed E-state index contributed by atoms with van der Waals surface area (Å²) in [4.78, 5) is 0. The van der Waals surface area contributed by atoms with Crippen LogP contribution in [0.2, 0.25) is 0 Å². The van der Waals surface area contributed by atoms with Gasteiger partial charge in [-0.05, 0) is 18.6 Å². The fourth-order valence-corrected chi connectivity index (χ4v) is 3.77. The van der Waals surface area contributed by atoms with E-state index in [1.54, 1.807) is 6.92 Å². The Kier molecular flexibility index (Phi) is 6.27. The molecule has 0 saturated heterocycles. The van der Waals surface area contributed by atoms with E-state index in [1.165, 1.54) is 0 Å². The van der Waals surface area contributed by atoms with E-state index >= 15 is 0 Å². The first-order valence-corrected chi connectivity index (χ1v) is 9.97. The summed E-state index contributed by atoms with van der Waals surface area (Å²) in [5, 5.41) is 0. The van der Waals surface area contributed by atoms with Crippen molar-refractivity contribution in [1.29, 1.82) is 0 Å². The second-order valence-corrected chi connectivity index (χ2v) is 8.48. The van der Waals surface area contributed by atoms with E-state index in [0.29, 0.717) is 6.42 Å². The first kappa shape index (κ1) is 18.8. The Balaban J connectivity index is 2.90. The van der Waals surface area contributed by atoms with Crippen molar-refractivity contribution in [2.45, 2.75) is 13.3 Å². The minimum atomic E-state index is -3.77. The van der Waals surface area contributed by atoms with E-state index in [0.717, 1.165) is 28.8 Å². The number of nitrogens with one attached hydrogen (secondary N) is 1. The molecule has 10 heteroatoms. The topological polar surface area (TPSA) is 83.6 Å². The van der Waals surface area contributed by atoms with Gasteiger partial charge < -0.3 is 0 Å². The number of hydrogen-bond donors (Lipinski definition) is 1. The summed E-state index contributed by atoms with van der Waals surface area (Å²) in [7, 11) is -7.24. The van der Waals surface area contributed by atoms with Gasteiger partial charge in [0.05, 0.1) is 17.7 Å². The van der Waals surface area contributed by atoms with Gasteiger partial charge in [-0.25, -0.2) is 30.3 Å². The summed E-state index contributed by atoms with van der Waals surface area (Å²) in [6.45, 7) is 1.30. The average Bonchev–Trinajstić information content (AvgIpc) is 2.36. The largest absolute Gasteiger partial charge is 0.269 e. The van der Waals surface area contributed by atoms with Gasteiger partial charge in [-0.2, -0.15) is 0 Å². The molecule has 1 rings (SSSR count). The summed E-state index contributed by atoms with van der Waals surface area (Å²) >= 11 is 0. The van der Waals surface area contributed by atoms with Crippen LogP contribution < -0.4 is 9.03 Å². The molecule has 126 valence electrons. The number of anilines is 1. The number of nitrogens with zero attached hydrogens (tertiary/aromatic N) is 1. The summed E-state index contributed by atoms with van der Waals surface area (Å²) in [5.74, 6) is -2.35. The highest BCUT2D eigenvalue weighted by molar-refractivity contribution is 7.92. The lowest BCUT2D eigenvalue weighted by Crippen LogP contribution is -2.38. The van der Waals surface area contributed by atoms with Gasteiger partial charge in [0.1, 0.15) is 0 Å². The first-order valence-electron chi connectivity index (χ1n) is 6.47. The molecule has 1 N–H and O–H groups in total. The van der Waals surface area contributed by atoms with Gasteiger partial charge in [-0.1, -0.05) is 6.92 Å². The second kappa shape index (κ2) is 7.34. The predicted octanol–water partition coefficient (Wildman–Crippen LogP) is 1.06. The zero-order valence-electron chi connectivity index (χ0n) is 12.2. The molecule has 0 heterocycles. The smallest absolute Gasteiger partial charge is 0.232 e. The van der Waals surface area contributed by atoms with Crippen LogP contribution in [0.5, 0.6) is 0 Å². The van der Waals surface area contributed by atoms with E-state index in [1.807, 2.05) is 0 Å². The number of benzene rings is 1. The van der Waals surface area contributed by atoms with Crippen LogP contribution in [0.25, 0.3) is 0 Å². The van der Waals surface area contributed by atoms with Crippen LogP contribution in [0.1, 0.15) is 13.3 Å². The van der Waals surface area contributed by atoms with E-state index in [4.69, 9.17) is 0 Å². The maximum absolute atomic E-state index is 13.2. The average molecular weight is 356 g/mol. The van der Waals surface area contributed by atoms with Crippen LogP contribution in [-0.2, 0) is 20.0 Å². The van der Waals surface area contributed by atoms with Crippen molar-refractivity contribution in [1.82, 2.24) is 4.72 Å². The van der Waals surface area contributed by atoms with Crippen molar-refractivity contribution in [3.05, 3.63) is 29.8 Å². The fraction of sp³-hybridized carbons (Fsp3) is 0.500. The second-order valence-electron chi connectivity index (χ2n) is 4.65. The van der Waals surface area contributed by atoms with Crippen LogP contribution >= 0.6 is 0 Å². The maximum atomic E-state index is 13.2.